The number of rotatable bonds is 3. The van der Waals surface area contributed by atoms with Gasteiger partial charge in [0, 0.05) is 12.3 Å². The lowest BCUT2D eigenvalue weighted by Gasteiger charge is -2.29. The number of hydrogen-bond donors (Lipinski definition) is 1. The van der Waals surface area contributed by atoms with Crippen molar-refractivity contribution in [3.8, 4) is 5.88 Å². The highest BCUT2D eigenvalue weighted by atomic mass is 16.5. The van der Waals surface area contributed by atoms with Crippen LogP contribution in [0.4, 0.5) is 0 Å². The minimum Gasteiger partial charge on any atom is -0.475 e. The van der Waals surface area contributed by atoms with E-state index in [1.165, 1.54) is 11.1 Å². The van der Waals surface area contributed by atoms with E-state index in [1.54, 1.807) is 0 Å². The third-order valence-electron chi connectivity index (χ3n) is 2.84. The van der Waals surface area contributed by atoms with E-state index in [0.29, 0.717) is 5.88 Å². The highest BCUT2D eigenvalue weighted by Crippen LogP contribution is 2.34. The zero-order valence-electron chi connectivity index (χ0n) is 12.4. The Kier molecular flexibility index (Phi) is 4.38. The topological polar surface area (TPSA) is 42.4 Å². The number of hydrogen-bond acceptors (Lipinski definition) is 3. The fraction of sp³-hybridized carbons (Fsp3) is 0.667. The van der Waals surface area contributed by atoms with Crippen LogP contribution in [-0.4, -0.2) is 23.3 Å². The molecule has 1 N–H and O–H groups in total. The molecule has 0 saturated heterocycles. The van der Waals surface area contributed by atoms with Gasteiger partial charge in [-0.3, -0.25) is 0 Å². The van der Waals surface area contributed by atoms with E-state index < -0.39 is 0 Å². The minimum absolute atomic E-state index is 0.00749. The molecule has 0 amide bonds. The zero-order valence-corrected chi connectivity index (χ0v) is 12.4. The highest BCUT2D eigenvalue weighted by molar-refractivity contribution is 5.38. The summed E-state index contributed by atoms with van der Waals surface area (Å²) in [5, 5.41) is 8.79. The first-order valence-electron chi connectivity index (χ1n) is 6.41. The van der Waals surface area contributed by atoms with Gasteiger partial charge in [-0.15, -0.1) is 0 Å². The van der Waals surface area contributed by atoms with Crippen LogP contribution in [0.25, 0.3) is 0 Å². The molecule has 1 aromatic heterocycles. The molecule has 1 heterocycles. The molecule has 0 atom stereocenters. The van der Waals surface area contributed by atoms with Crippen molar-refractivity contribution in [3.63, 3.8) is 0 Å². The Morgan fingerprint density at radius 3 is 2.06 bits per heavy atom. The van der Waals surface area contributed by atoms with Crippen molar-refractivity contribution >= 4 is 0 Å². The van der Waals surface area contributed by atoms with Crippen molar-refractivity contribution < 1.29 is 9.84 Å². The number of pyridine rings is 1. The molecule has 1 aromatic rings. The zero-order chi connectivity index (χ0) is 14.0. The monoisotopic (exact) mass is 251 g/mol. The summed E-state index contributed by atoms with van der Waals surface area (Å²) < 4.78 is 5.40. The fourth-order valence-electron chi connectivity index (χ4n) is 1.88. The molecule has 3 nitrogen and oxygen atoms in total. The Morgan fingerprint density at radius 1 is 1.06 bits per heavy atom. The van der Waals surface area contributed by atoms with Gasteiger partial charge in [0.05, 0.1) is 6.61 Å². The van der Waals surface area contributed by atoms with Gasteiger partial charge in [-0.25, -0.2) is 4.98 Å². The summed E-state index contributed by atoms with van der Waals surface area (Å²) in [5.41, 5.74) is 2.60. The van der Waals surface area contributed by atoms with Gasteiger partial charge >= 0.3 is 0 Å². The second kappa shape index (κ2) is 5.27. The number of aliphatic hydroxyl groups is 1. The molecule has 102 valence electrons. The van der Waals surface area contributed by atoms with Crippen molar-refractivity contribution in [1.82, 2.24) is 4.98 Å². The van der Waals surface area contributed by atoms with E-state index in [9.17, 15) is 0 Å². The molecule has 0 saturated carbocycles. The van der Waals surface area contributed by atoms with E-state index in [2.05, 4.69) is 46.5 Å². The Labute approximate surface area is 110 Å². The van der Waals surface area contributed by atoms with E-state index in [0.717, 1.165) is 0 Å². The van der Waals surface area contributed by atoms with Crippen molar-refractivity contribution in [1.29, 1.82) is 0 Å². The van der Waals surface area contributed by atoms with Crippen LogP contribution in [0.15, 0.2) is 12.3 Å². The lowest BCUT2D eigenvalue weighted by molar-refractivity contribution is 0.196. The van der Waals surface area contributed by atoms with Crippen molar-refractivity contribution in [2.24, 2.45) is 0 Å². The van der Waals surface area contributed by atoms with E-state index in [4.69, 9.17) is 9.84 Å². The summed E-state index contributed by atoms with van der Waals surface area (Å²) >= 11 is 0. The molecule has 0 fully saturated rings. The van der Waals surface area contributed by atoms with Gasteiger partial charge in [0.2, 0.25) is 5.88 Å². The summed E-state index contributed by atoms with van der Waals surface area (Å²) in [6.07, 6.45) is 1.90. The first-order chi connectivity index (χ1) is 8.16. The Morgan fingerprint density at radius 2 is 1.61 bits per heavy atom. The molecule has 18 heavy (non-hydrogen) atoms. The molecule has 0 radical (unpaired) electrons. The van der Waals surface area contributed by atoms with Crippen LogP contribution in [-0.2, 0) is 10.8 Å². The summed E-state index contributed by atoms with van der Waals surface area (Å²) in [7, 11) is 0. The van der Waals surface area contributed by atoms with Crippen LogP contribution in [0.3, 0.4) is 0 Å². The lowest BCUT2D eigenvalue weighted by Crippen LogP contribution is -2.22. The minimum atomic E-state index is 0.00749. The normalized spacial score (nSPS) is 12.6. The van der Waals surface area contributed by atoms with E-state index in [1.807, 2.05) is 12.3 Å². The summed E-state index contributed by atoms with van der Waals surface area (Å²) in [6, 6.07) is 2.00. The van der Waals surface area contributed by atoms with E-state index in [-0.39, 0.29) is 24.0 Å². The van der Waals surface area contributed by atoms with Crippen LogP contribution in [0, 0.1) is 0 Å². The maximum Gasteiger partial charge on any atom is 0.213 e. The number of nitrogens with zero attached hydrogens (tertiary/aromatic N) is 1. The first-order valence-corrected chi connectivity index (χ1v) is 6.41. The Hall–Kier alpha value is -1.09. The SMILES string of the molecule is CC(C)(C)c1cnc(OCCO)cc1C(C)(C)C. The molecule has 0 aliphatic carbocycles. The van der Waals surface area contributed by atoms with Crippen LogP contribution in [0.2, 0.25) is 0 Å². The van der Waals surface area contributed by atoms with Crippen molar-refractivity contribution in [3.05, 3.63) is 23.4 Å². The second-order valence-corrected chi connectivity index (χ2v) is 6.64. The van der Waals surface area contributed by atoms with Gasteiger partial charge in [0.15, 0.2) is 0 Å². The molecular weight excluding hydrogens is 226 g/mol. The van der Waals surface area contributed by atoms with Gasteiger partial charge in [-0.05, 0) is 22.0 Å². The van der Waals surface area contributed by atoms with E-state index >= 15 is 0 Å². The number of aliphatic hydroxyl groups excluding tert-OH is 1. The van der Waals surface area contributed by atoms with Crippen LogP contribution < -0.4 is 4.74 Å². The molecule has 0 spiro atoms. The van der Waals surface area contributed by atoms with Gasteiger partial charge in [0.25, 0.3) is 0 Å². The first kappa shape index (κ1) is 15.0. The van der Waals surface area contributed by atoms with Gasteiger partial charge in [-0.2, -0.15) is 0 Å². The van der Waals surface area contributed by atoms with Crippen molar-refractivity contribution in [2.75, 3.05) is 13.2 Å². The highest BCUT2D eigenvalue weighted by Gasteiger charge is 2.26. The predicted molar refractivity (Wildman–Crippen MR) is 74.2 cm³/mol. The summed E-state index contributed by atoms with van der Waals surface area (Å²) in [4.78, 5) is 4.32. The molecular formula is C15H25NO2. The van der Waals surface area contributed by atoms with Gasteiger partial charge in [-0.1, -0.05) is 41.5 Å². The average Bonchev–Trinajstić information content (AvgIpc) is 2.23. The van der Waals surface area contributed by atoms with Gasteiger partial charge in [0.1, 0.15) is 6.61 Å². The Bertz CT molecular complexity index is 400. The number of aromatic nitrogens is 1. The fourth-order valence-corrected chi connectivity index (χ4v) is 1.88. The molecule has 0 aliphatic heterocycles. The third-order valence-corrected chi connectivity index (χ3v) is 2.84. The second-order valence-electron chi connectivity index (χ2n) is 6.64. The van der Waals surface area contributed by atoms with Crippen LogP contribution in [0.5, 0.6) is 5.88 Å². The quantitative estimate of drug-likeness (QED) is 0.897. The summed E-state index contributed by atoms with van der Waals surface area (Å²) in [5.74, 6) is 0.585. The lowest BCUT2D eigenvalue weighted by atomic mass is 9.76. The Balaban J connectivity index is 3.22. The smallest absolute Gasteiger partial charge is 0.213 e. The average molecular weight is 251 g/mol. The molecule has 0 aromatic carbocycles. The molecule has 0 aliphatic rings. The maximum absolute atomic E-state index is 8.79. The van der Waals surface area contributed by atoms with Crippen LogP contribution in [0.1, 0.15) is 52.7 Å². The van der Waals surface area contributed by atoms with Crippen LogP contribution >= 0.6 is 0 Å². The van der Waals surface area contributed by atoms with Crippen molar-refractivity contribution in [2.45, 2.75) is 52.4 Å². The third kappa shape index (κ3) is 3.70. The molecule has 3 heteroatoms. The molecule has 1 rings (SSSR count). The molecule has 0 unspecified atom stereocenters. The largest absolute Gasteiger partial charge is 0.475 e. The standard InChI is InChI=1S/C15H25NO2/c1-14(2,3)11-9-13(18-8-7-17)16-10-12(11)15(4,5)6/h9-10,17H,7-8H2,1-6H3. The predicted octanol–water partition coefficient (Wildman–Crippen LogP) is 3.05. The van der Waals surface area contributed by atoms with Gasteiger partial charge < -0.3 is 9.84 Å². The molecule has 0 bridgehead atoms. The number of ether oxygens (including phenoxy) is 1. The summed E-state index contributed by atoms with van der Waals surface area (Å²) in [6.45, 7) is 13.4. The maximum atomic E-state index is 8.79.